The fourth-order valence-electron chi connectivity index (χ4n) is 15.7. The zero-order chi connectivity index (χ0) is 50.9. The Labute approximate surface area is 441 Å². The van der Waals surface area contributed by atoms with E-state index in [4.69, 9.17) is 0 Å². The molecule has 360 valence electrons. The van der Waals surface area contributed by atoms with Crippen molar-refractivity contribution < 1.29 is 0 Å². The van der Waals surface area contributed by atoms with Gasteiger partial charge in [0.1, 0.15) is 0 Å². The van der Waals surface area contributed by atoms with Gasteiger partial charge in [0.25, 0.3) is 0 Å². The average molecular weight is 969 g/mol. The van der Waals surface area contributed by atoms with Gasteiger partial charge in [0.15, 0.2) is 0 Å². The Balaban J connectivity index is 0.916. The van der Waals surface area contributed by atoms with Gasteiger partial charge in [0.05, 0.1) is 0 Å². The third-order valence-electron chi connectivity index (χ3n) is 18.8. The fraction of sp³-hybridized carbons (Fsp3) is 0.158. The van der Waals surface area contributed by atoms with Crippen molar-refractivity contribution in [2.24, 2.45) is 0 Å². The summed E-state index contributed by atoms with van der Waals surface area (Å²) >= 11 is 0. The third kappa shape index (κ3) is 5.21. The van der Waals surface area contributed by atoms with E-state index in [1.165, 1.54) is 195 Å². The molecule has 17 rings (SSSR count). The minimum absolute atomic E-state index is 0.416. The van der Waals surface area contributed by atoms with Crippen molar-refractivity contribution in [1.29, 1.82) is 0 Å². The molecule has 0 unspecified atom stereocenters. The molecule has 0 N–H and O–H groups in total. The molecular formula is C76H56. The summed E-state index contributed by atoms with van der Waals surface area (Å²) in [5.41, 5.74) is 11.2. The Bertz CT molecular complexity index is 5170. The highest BCUT2D eigenvalue weighted by Gasteiger charge is 2.28. The molecular weight excluding hydrogens is 913 g/mol. The molecule has 0 saturated heterocycles. The van der Waals surface area contributed by atoms with E-state index in [1.807, 2.05) is 0 Å². The third-order valence-corrected chi connectivity index (χ3v) is 18.8. The zero-order valence-corrected chi connectivity index (χ0v) is 44.5. The summed E-state index contributed by atoms with van der Waals surface area (Å²) in [5, 5.41) is 38.3. The molecule has 0 aliphatic carbocycles. The smallest absolute Gasteiger partial charge is 0.000784 e. The first-order valence-corrected chi connectivity index (χ1v) is 28.0. The minimum atomic E-state index is 0.416. The van der Waals surface area contributed by atoms with Gasteiger partial charge in [0, 0.05) is 0 Å². The van der Waals surface area contributed by atoms with Crippen LogP contribution < -0.4 is 0 Å². The van der Waals surface area contributed by atoms with Crippen LogP contribution in [-0.4, -0.2) is 0 Å². The van der Waals surface area contributed by atoms with Gasteiger partial charge in [-0.25, -0.2) is 0 Å². The van der Waals surface area contributed by atoms with Crippen LogP contribution in [0.15, 0.2) is 170 Å². The van der Waals surface area contributed by atoms with Gasteiger partial charge in [-0.15, -0.1) is 0 Å². The number of benzene rings is 13. The van der Waals surface area contributed by atoms with Crippen LogP contribution in [0.1, 0.15) is 101 Å². The highest BCUT2D eigenvalue weighted by Crippen LogP contribution is 2.55. The lowest BCUT2D eigenvalue weighted by Gasteiger charge is -2.21. The zero-order valence-electron chi connectivity index (χ0n) is 44.5. The van der Waals surface area contributed by atoms with E-state index < -0.39 is 0 Å². The molecule has 0 heteroatoms. The van der Waals surface area contributed by atoms with Gasteiger partial charge < -0.3 is 0 Å². The highest BCUT2D eigenvalue weighted by atomic mass is 14.3. The van der Waals surface area contributed by atoms with Crippen LogP contribution in [0.5, 0.6) is 0 Å². The number of hydrogen-bond donors (Lipinski definition) is 0. The molecule has 0 spiro atoms. The van der Waals surface area contributed by atoms with Gasteiger partial charge >= 0.3 is 0 Å². The summed E-state index contributed by atoms with van der Waals surface area (Å²) in [7, 11) is 0. The van der Waals surface area contributed by atoms with Crippen molar-refractivity contribution in [2.45, 2.75) is 79.1 Å². The van der Waals surface area contributed by atoms with Crippen LogP contribution in [0.2, 0.25) is 0 Å². The van der Waals surface area contributed by atoms with Crippen molar-refractivity contribution in [1.82, 2.24) is 0 Å². The first-order chi connectivity index (χ1) is 37.0. The van der Waals surface area contributed by atoms with Crippen LogP contribution in [0.3, 0.4) is 0 Å². The summed E-state index contributed by atoms with van der Waals surface area (Å²) < 4.78 is 0. The van der Waals surface area contributed by atoms with E-state index in [0.29, 0.717) is 23.7 Å². The van der Waals surface area contributed by atoms with Crippen molar-refractivity contribution in [3.63, 3.8) is 0 Å². The molecule has 0 aliphatic heterocycles. The maximum atomic E-state index is 2.55. The number of fused-ring (bicyclic) bond motifs is 15. The molecule has 17 aromatic rings. The molecule has 0 radical (unpaired) electrons. The lowest BCUT2D eigenvalue weighted by atomic mass is 9.83. The largest absolute Gasteiger partial charge is 0.0617 e. The highest BCUT2D eigenvalue weighted by molar-refractivity contribution is 6.50. The Morgan fingerprint density at radius 3 is 1.11 bits per heavy atom. The predicted molar refractivity (Wildman–Crippen MR) is 335 cm³/mol. The van der Waals surface area contributed by atoms with E-state index in [-0.39, 0.29) is 0 Å². The van der Waals surface area contributed by atoms with Gasteiger partial charge in [-0.1, -0.05) is 195 Å². The summed E-state index contributed by atoms with van der Waals surface area (Å²) in [4.78, 5) is 0. The number of hydrogen-bond acceptors (Lipinski definition) is 0. The Kier molecular flexibility index (Phi) is 8.34. The maximum Gasteiger partial charge on any atom is -0.000784 e. The van der Waals surface area contributed by atoms with E-state index >= 15 is 0 Å². The Morgan fingerprint density at radius 2 is 0.566 bits per heavy atom. The second-order valence-corrected chi connectivity index (χ2v) is 24.1. The van der Waals surface area contributed by atoms with Crippen LogP contribution >= 0.6 is 0 Å². The van der Waals surface area contributed by atoms with Crippen LogP contribution in [0, 0.1) is 0 Å². The summed E-state index contributed by atoms with van der Waals surface area (Å²) in [5.74, 6) is 1.69. The molecule has 0 nitrogen and oxygen atoms in total. The molecule has 76 heavy (non-hydrogen) atoms. The van der Waals surface area contributed by atoms with E-state index in [9.17, 15) is 0 Å². The lowest BCUT2D eigenvalue weighted by Crippen LogP contribution is -2.00. The van der Waals surface area contributed by atoms with Crippen molar-refractivity contribution in [3.8, 4) is 22.3 Å². The quantitative estimate of drug-likeness (QED) is 0.115. The van der Waals surface area contributed by atoms with Gasteiger partial charge in [-0.05, 0) is 249 Å². The SMILES string of the molecule is CC(C)c1cccc(C(C)C)c1-c1cc2cc3c4ccc5c6ccc7c8cc9c(cc8c8ccc(c%10ccc(c4c5%10)c3c3c4ccccc4c(c1)c23)c6c78)c1ccc(-c2c(C(C)C)cccc2C(C)C)c2cccc9c21. The first kappa shape index (κ1) is 43.0. The molecule has 0 aromatic heterocycles. The fourth-order valence-corrected chi connectivity index (χ4v) is 15.7. The summed E-state index contributed by atoms with van der Waals surface area (Å²) in [6.07, 6.45) is 0. The van der Waals surface area contributed by atoms with Crippen LogP contribution in [-0.2, 0) is 0 Å². The standard InChI is InChI=1S/C76H56/c1-37(2)43-16-11-17-44(38(3)4)67(43)41-32-42-34-66-59-29-25-54-52-23-27-57-63-35-61-50-21-13-20-49-51(69-45(39(5)6)18-12-19-46(69)40(7)8)22-26-56(70(49)50)62(61)36-64(63)58-28-24-53(71(52)73(57)58)55-30-31-60(74(59)72(54)55)75(66)76-48-15-10-9-14-47(48)65(33-41)68(42)76/h9-40H,1-8H3. The van der Waals surface area contributed by atoms with Gasteiger partial charge in [-0.3, -0.25) is 0 Å². The van der Waals surface area contributed by atoms with E-state index in [0.717, 1.165) is 0 Å². The minimum Gasteiger partial charge on any atom is -0.0617 e. The monoisotopic (exact) mass is 968 g/mol. The Hall–Kier alpha value is -8.32. The number of rotatable bonds is 6. The van der Waals surface area contributed by atoms with Crippen molar-refractivity contribution >= 4 is 151 Å². The summed E-state index contributed by atoms with van der Waals surface area (Å²) in [6, 6.07) is 67.4. The topological polar surface area (TPSA) is 0 Å². The normalized spacial score (nSPS) is 13.2. The molecule has 0 atom stereocenters. The maximum absolute atomic E-state index is 2.55. The molecule has 17 aromatic carbocycles. The van der Waals surface area contributed by atoms with Gasteiger partial charge in [-0.2, -0.15) is 0 Å². The molecule has 0 saturated carbocycles. The van der Waals surface area contributed by atoms with E-state index in [1.54, 1.807) is 0 Å². The van der Waals surface area contributed by atoms with Gasteiger partial charge in [0.2, 0.25) is 0 Å². The van der Waals surface area contributed by atoms with Crippen LogP contribution in [0.25, 0.3) is 173 Å². The summed E-state index contributed by atoms with van der Waals surface area (Å²) in [6.45, 7) is 18.7. The molecule has 0 amide bonds. The average Bonchev–Trinajstić information content (AvgIpc) is 4.18. The van der Waals surface area contributed by atoms with Crippen molar-refractivity contribution in [3.05, 3.63) is 192 Å². The second kappa shape index (κ2) is 14.7. The molecule has 0 bridgehead atoms. The Morgan fingerprint density at radius 1 is 0.211 bits per heavy atom. The molecule has 0 aliphatic rings. The predicted octanol–water partition coefficient (Wildman–Crippen LogP) is 22.8. The lowest BCUT2D eigenvalue weighted by molar-refractivity contribution is 0.838. The van der Waals surface area contributed by atoms with E-state index in [2.05, 4.69) is 225 Å². The molecule has 0 fully saturated rings. The van der Waals surface area contributed by atoms with Crippen molar-refractivity contribution in [2.75, 3.05) is 0 Å². The molecule has 0 heterocycles. The first-order valence-electron chi connectivity index (χ1n) is 28.0. The second-order valence-electron chi connectivity index (χ2n) is 24.1. The van der Waals surface area contributed by atoms with Crippen LogP contribution in [0.4, 0.5) is 0 Å².